The number of rotatable bonds is 5. The molecule has 3 heterocycles. The standard InChI is InChI=1S/C26H28N6O6/c1-4-29-21-13-18(20(32(37)38)14-22(21)30(5-2)26(29)36)23(33)28-10-8-16(9-11-28)31-24(34)17-12-15(3)6-7-19(17)27-25(31)35/h6-7,12-14,16H,4-5,8-11H2,1-3H3,(H,27,35). The van der Waals surface area contributed by atoms with Crippen LogP contribution in [0.25, 0.3) is 21.9 Å². The third-order valence-corrected chi connectivity index (χ3v) is 7.40. The zero-order valence-corrected chi connectivity index (χ0v) is 21.4. The Morgan fingerprint density at radius 2 is 1.66 bits per heavy atom. The van der Waals surface area contributed by atoms with Gasteiger partial charge in [0.1, 0.15) is 5.56 Å². The Kier molecular flexibility index (Phi) is 6.25. The molecule has 1 aliphatic heterocycles. The number of nitrogens with one attached hydrogen (secondary N) is 1. The fraction of sp³-hybridized carbons (Fsp3) is 0.385. The average Bonchev–Trinajstić information content (AvgIpc) is 3.17. The Balaban J connectivity index is 1.47. The third kappa shape index (κ3) is 3.92. The quantitative estimate of drug-likeness (QED) is 0.316. The SMILES string of the molecule is CCn1c(=O)n(CC)c2cc([N+](=O)[O-])c(C(=O)N3CCC(n4c(=O)[nH]c5ccc(C)cc5c4=O)CC3)cc21. The van der Waals surface area contributed by atoms with Crippen molar-refractivity contribution >= 4 is 33.5 Å². The van der Waals surface area contributed by atoms with Gasteiger partial charge >= 0.3 is 11.4 Å². The number of hydrogen-bond donors (Lipinski definition) is 1. The van der Waals surface area contributed by atoms with E-state index in [1.54, 1.807) is 26.0 Å². The van der Waals surface area contributed by atoms with E-state index in [9.17, 15) is 29.3 Å². The molecule has 1 saturated heterocycles. The Hall–Kier alpha value is -4.48. The normalized spacial score (nSPS) is 14.4. The van der Waals surface area contributed by atoms with Gasteiger partial charge in [0.05, 0.1) is 26.9 Å². The van der Waals surface area contributed by atoms with Gasteiger partial charge in [-0.2, -0.15) is 0 Å². The van der Waals surface area contributed by atoms with Crippen LogP contribution in [0.1, 0.15) is 48.7 Å². The lowest BCUT2D eigenvalue weighted by atomic mass is 10.0. The number of fused-ring (bicyclic) bond motifs is 2. The van der Waals surface area contributed by atoms with E-state index in [2.05, 4.69) is 4.98 Å². The van der Waals surface area contributed by atoms with Gasteiger partial charge in [-0.05, 0) is 51.8 Å². The summed E-state index contributed by atoms with van der Waals surface area (Å²) >= 11 is 0. The maximum absolute atomic E-state index is 13.5. The fourth-order valence-corrected chi connectivity index (χ4v) is 5.45. The summed E-state index contributed by atoms with van der Waals surface area (Å²) in [7, 11) is 0. The molecule has 38 heavy (non-hydrogen) atoms. The lowest BCUT2D eigenvalue weighted by Gasteiger charge is -2.32. The Morgan fingerprint density at radius 3 is 2.26 bits per heavy atom. The van der Waals surface area contributed by atoms with Crippen LogP contribution in [0, 0.1) is 17.0 Å². The lowest BCUT2D eigenvalue weighted by molar-refractivity contribution is -0.385. The van der Waals surface area contributed by atoms with Crippen LogP contribution in [0.15, 0.2) is 44.7 Å². The minimum absolute atomic E-state index is 0.0902. The number of likely N-dealkylation sites (tertiary alicyclic amines) is 1. The minimum atomic E-state index is -0.608. The highest BCUT2D eigenvalue weighted by Crippen LogP contribution is 2.29. The number of aromatic nitrogens is 4. The first-order chi connectivity index (χ1) is 18.2. The van der Waals surface area contributed by atoms with Gasteiger partial charge in [-0.3, -0.25) is 33.4 Å². The summed E-state index contributed by atoms with van der Waals surface area (Å²) in [4.78, 5) is 67.7. The van der Waals surface area contributed by atoms with Crippen molar-refractivity contribution in [1.82, 2.24) is 23.6 Å². The molecule has 5 rings (SSSR count). The van der Waals surface area contributed by atoms with Gasteiger partial charge in [-0.1, -0.05) is 11.6 Å². The number of imidazole rings is 1. The second-order valence-corrected chi connectivity index (χ2v) is 9.56. The van der Waals surface area contributed by atoms with Crippen LogP contribution in [0.3, 0.4) is 0 Å². The van der Waals surface area contributed by atoms with E-state index in [-0.39, 0.29) is 35.6 Å². The minimum Gasteiger partial charge on any atom is -0.338 e. The van der Waals surface area contributed by atoms with E-state index in [1.165, 1.54) is 30.7 Å². The van der Waals surface area contributed by atoms with Crippen LogP contribution in [-0.2, 0) is 13.1 Å². The molecular formula is C26H28N6O6. The molecule has 1 aliphatic rings. The first kappa shape index (κ1) is 25.2. The summed E-state index contributed by atoms with van der Waals surface area (Å²) in [6, 6.07) is 7.57. The molecule has 4 aromatic rings. The predicted molar refractivity (Wildman–Crippen MR) is 142 cm³/mol. The highest BCUT2D eigenvalue weighted by molar-refractivity contribution is 6.02. The van der Waals surface area contributed by atoms with Crippen LogP contribution in [0.4, 0.5) is 5.69 Å². The van der Waals surface area contributed by atoms with E-state index >= 15 is 0 Å². The van der Waals surface area contributed by atoms with Gasteiger partial charge in [0.2, 0.25) is 0 Å². The Bertz CT molecular complexity index is 1780. The number of aryl methyl sites for hydroxylation is 3. The smallest absolute Gasteiger partial charge is 0.329 e. The van der Waals surface area contributed by atoms with E-state index in [4.69, 9.17) is 0 Å². The number of hydrogen-bond acceptors (Lipinski definition) is 6. The van der Waals surface area contributed by atoms with Crippen molar-refractivity contribution in [3.63, 3.8) is 0 Å². The zero-order chi connectivity index (χ0) is 27.3. The van der Waals surface area contributed by atoms with Gasteiger partial charge in [0.25, 0.3) is 17.2 Å². The molecule has 0 spiro atoms. The molecule has 12 nitrogen and oxygen atoms in total. The van der Waals surface area contributed by atoms with E-state index in [0.29, 0.717) is 47.9 Å². The monoisotopic (exact) mass is 520 g/mol. The van der Waals surface area contributed by atoms with Crippen LogP contribution in [0.5, 0.6) is 0 Å². The number of amides is 1. The number of piperidine rings is 1. The molecular weight excluding hydrogens is 492 g/mol. The first-order valence-corrected chi connectivity index (χ1v) is 12.6. The van der Waals surface area contributed by atoms with Crippen molar-refractivity contribution in [3.05, 3.63) is 82.9 Å². The number of nitro benzene ring substituents is 1. The molecule has 12 heteroatoms. The average molecular weight is 521 g/mol. The highest BCUT2D eigenvalue weighted by Gasteiger charge is 2.31. The molecule has 0 bridgehead atoms. The summed E-state index contributed by atoms with van der Waals surface area (Å²) < 4.78 is 4.16. The topological polar surface area (TPSA) is 145 Å². The molecule has 0 atom stereocenters. The molecule has 1 N–H and O–H groups in total. The summed E-state index contributed by atoms with van der Waals surface area (Å²) in [5, 5.41) is 12.3. The Morgan fingerprint density at radius 1 is 1.03 bits per heavy atom. The number of carbonyl (C=O) groups excluding carboxylic acids is 1. The van der Waals surface area contributed by atoms with Crippen molar-refractivity contribution in [2.45, 2.75) is 52.7 Å². The molecule has 0 aliphatic carbocycles. The van der Waals surface area contributed by atoms with Crippen molar-refractivity contribution in [3.8, 4) is 0 Å². The third-order valence-electron chi connectivity index (χ3n) is 7.40. The second kappa shape index (κ2) is 9.43. The molecule has 0 radical (unpaired) electrons. The number of carbonyl (C=O) groups is 1. The maximum atomic E-state index is 13.5. The van der Waals surface area contributed by atoms with Gasteiger partial charge in [-0.15, -0.1) is 0 Å². The number of nitrogens with zero attached hydrogens (tertiary/aromatic N) is 5. The van der Waals surface area contributed by atoms with E-state index < -0.39 is 22.6 Å². The van der Waals surface area contributed by atoms with Crippen molar-refractivity contribution in [1.29, 1.82) is 0 Å². The molecule has 0 unspecified atom stereocenters. The molecule has 198 valence electrons. The summed E-state index contributed by atoms with van der Waals surface area (Å²) in [5.41, 5.74) is 0.622. The first-order valence-electron chi connectivity index (χ1n) is 12.6. The summed E-state index contributed by atoms with van der Waals surface area (Å²) in [6.45, 7) is 6.57. The Labute approximate surface area is 215 Å². The molecule has 0 saturated carbocycles. The van der Waals surface area contributed by atoms with E-state index in [0.717, 1.165) is 5.56 Å². The van der Waals surface area contributed by atoms with Gasteiger partial charge in [0, 0.05) is 38.3 Å². The van der Waals surface area contributed by atoms with Crippen LogP contribution in [-0.4, -0.2) is 47.5 Å². The van der Waals surface area contributed by atoms with Crippen molar-refractivity contribution in [2.75, 3.05) is 13.1 Å². The van der Waals surface area contributed by atoms with Gasteiger partial charge in [0.15, 0.2) is 0 Å². The zero-order valence-electron chi connectivity index (χ0n) is 21.4. The van der Waals surface area contributed by atoms with Crippen molar-refractivity contribution in [2.24, 2.45) is 0 Å². The fourth-order valence-electron chi connectivity index (χ4n) is 5.45. The molecule has 2 aromatic carbocycles. The van der Waals surface area contributed by atoms with Crippen LogP contribution in [0.2, 0.25) is 0 Å². The van der Waals surface area contributed by atoms with Crippen molar-refractivity contribution < 1.29 is 9.72 Å². The highest BCUT2D eigenvalue weighted by atomic mass is 16.6. The van der Waals surface area contributed by atoms with Crippen LogP contribution < -0.4 is 16.9 Å². The number of H-pyrrole nitrogens is 1. The number of benzene rings is 2. The summed E-state index contributed by atoms with van der Waals surface area (Å²) in [6.07, 6.45) is 0.682. The second-order valence-electron chi connectivity index (χ2n) is 9.56. The largest absolute Gasteiger partial charge is 0.338 e. The van der Waals surface area contributed by atoms with Gasteiger partial charge < -0.3 is 9.88 Å². The molecule has 2 aromatic heterocycles. The lowest BCUT2D eigenvalue weighted by Crippen LogP contribution is -2.45. The van der Waals surface area contributed by atoms with E-state index in [1.807, 2.05) is 13.0 Å². The molecule has 1 fully saturated rings. The maximum Gasteiger partial charge on any atom is 0.329 e. The predicted octanol–water partition coefficient (Wildman–Crippen LogP) is 2.54. The van der Waals surface area contributed by atoms with Gasteiger partial charge in [-0.25, -0.2) is 9.59 Å². The molecule has 1 amide bonds. The van der Waals surface area contributed by atoms with Crippen LogP contribution >= 0.6 is 0 Å². The number of aromatic amines is 1. The summed E-state index contributed by atoms with van der Waals surface area (Å²) in [5.74, 6) is -0.521. The number of nitro groups is 1.